The number of hydrogen-bond acceptors (Lipinski definition) is 5. The lowest BCUT2D eigenvalue weighted by Gasteiger charge is -2.34. The number of rotatable bonds is 1. The topological polar surface area (TPSA) is 85.6 Å². The van der Waals surface area contributed by atoms with E-state index in [0.717, 1.165) is 5.56 Å². The van der Waals surface area contributed by atoms with Crippen molar-refractivity contribution in [3.63, 3.8) is 0 Å². The van der Waals surface area contributed by atoms with Crippen molar-refractivity contribution in [3.05, 3.63) is 56.8 Å². The van der Waals surface area contributed by atoms with E-state index in [1.807, 2.05) is 0 Å². The fourth-order valence-electron chi connectivity index (χ4n) is 2.29. The van der Waals surface area contributed by atoms with E-state index < -0.39 is 5.41 Å². The number of thiol groups is 1. The number of nitrogens with zero attached hydrogens (tertiary/aromatic N) is 2. The summed E-state index contributed by atoms with van der Waals surface area (Å²) >= 11 is 10.1. The molecular weight excluding hydrogens is 292 g/mol. The molecule has 1 aliphatic rings. The highest BCUT2D eigenvalue weighted by Crippen LogP contribution is 2.43. The van der Waals surface area contributed by atoms with Gasteiger partial charge in [0.25, 0.3) is 0 Å². The molecule has 0 bridgehead atoms. The van der Waals surface area contributed by atoms with Crippen molar-refractivity contribution >= 4 is 24.2 Å². The highest BCUT2D eigenvalue weighted by atomic mass is 35.5. The molecule has 1 aliphatic heterocycles. The number of nitrogens with one attached hydrogen (secondary N) is 1. The van der Waals surface area contributed by atoms with Crippen LogP contribution in [0.2, 0.25) is 5.02 Å². The highest BCUT2D eigenvalue weighted by Gasteiger charge is 2.42. The van der Waals surface area contributed by atoms with Crippen molar-refractivity contribution in [2.24, 2.45) is 5.73 Å². The predicted molar refractivity (Wildman–Crippen MR) is 80.4 cm³/mol. The SMILES string of the molecule is C[C@@]1(c2ccc(Cl)cc2)C(C#N)=C(N)NC(S)=C1C#N. The number of nitriles is 2. The number of benzene rings is 1. The Labute approximate surface area is 127 Å². The first-order chi connectivity index (χ1) is 9.44. The van der Waals surface area contributed by atoms with Crippen LogP contribution in [0.3, 0.4) is 0 Å². The van der Waals surface area contributed by atoms with Crippen LogP contribution in [0.1, 0.15) is 12.5 Å². The maximum atomic E-state index is 9.42. The Morgan fingerprint density at radius 1 is 1.20 bits per heavy atom. The molecular formula is C14H11ClN4S. The fraction of sp³-hybridized carbons (Fsp3) is 0.143. The molecule has 20 heavy (non-hydrogen) atoms. The average Bonchev–Trinajstić information content (AvgIpc) is 2.39. The summed E-state index contributed by atoms with van der Waals surface area (Å²) < 4.78 is 0. The maximum absolute atomic E-state index is 9.42. The van der Waals surface area contributed by atoms with E-state index in [-0.39, 0.29) is 11.4 Å². The summed E-state index contributed by atoms with van der Waals surface area (Å²) in [6, 6.07) is 11.2. The Hall–Kier alpha value is -2.08. The Kier molecular flexibility index (Phi) is 3.67. The van der Waals surface area contributed by atoms with Crippen molar-refractivity contribution in [2.45, 2.75) is 12.3 Å². The van der Waals surface area contributed by atoms with E-state index in [1.54, 1.807) is 31.2 Å². The number of dihydropyridines is 1. The molecule has 1 aromatic rings. The van der Waals surface area contributed by atoms with Crippen LogP contribution in [0, 0.1) is 22.7 Å². The van der Waals surface area contributed by atoms with Crippen molar-refractivity contribution < 1.29 is 0 Å². The third-order valence-electron chi connectivity index (χ3n) is 3.40. The van der Waals surface area contributed by atoms with Crippen LogP contribution in [0.5, 0.6) is 0 Å². The molecule has 0 aliphatic carbocycles. The lowest BCUT2D eigenvalue weighted by Crippen LogP contribution is -2.38. The lowest BCUT2D eigenvalue weighted by molar-refractivity contribution is 0.648. The van der Waals surface area contributed by atoms with Crippen LogP contribution in [-0.2, 0) is 5.41 Å². The minimum Gasteiger partial charge on any atom is -0.384 e. The van der Waals surface area contributed by atoms with Gasteiger partial charge in [0.1, 0.15) is 5.82 Å². The van der Waals surface area contributed by atoms with Crippen LogP contribution in [0.15, 0.2) is 46.3 Å². The summed E-state index contributed by atoms with van der Waals surface area (Å²) in [5.74, 6) is 0.203. The third kappa shape index (κ3) is 2.02. The molecule has 3 N–H and O–H groups in total. The molecule has 0 unspecified atom stereocenters. The Morgan fingerprint density at radius 3 is 2.25 bits per heavy atom. The number of halogens is 1. The van der Waals surface area contributed by atoms with Gasteiger partial charge in [-0.15, -0.1) is 12.6 Å². The largest absolute Gasteiger partial charge is 0.384 e. The number of allylic oxidation sites excluding steroid dienone is 2. The predicted octanol–water partition coefficient (Wildman–Crippen LogP) is 2.56. The molecule has 1 atom stereocenters. The van der Waals surface area contributed by atoms with Gasteiger partial charge in [-0.25, -0.2) is 0 Å². The highest BCUT2D eigenvalue weighted by molar-refractivity contribution is 7.84. The second-order valence-corrected chi connectivity index (χ2v) is 5.38. The molecule has 2 rings (SSSR count). The van der Waals surface area contributed by atoms with Gasteiger partial charge in [-0.3, -0.25) is 0 Å². The lowest BCUT2D eigenvalue weighted by atomic mass is 9.70. The van der Waals surface area contributed by atoms with Crippen LogP contribution in [0.4, 0.5) is 0 Å². The van der Waals surface area contributed by atoms with E-state index in [2.05, 4.69) is 30.1 Å². The summed E-state index contributed by atoms with van der Waals surface area (Å²) in [5, 5.41) is 22.5. The van der Waals surface area contributed by atoms with Crippen molar-refractivity contribution in [2.75, 3.05) is 0 Å². The zero-order valence-electron chi connectivity index (χ0n) is 10.6. The summed E-state index contributed by atoms with van der Waals surface area (Å²) in [5.41, 5.74) is 6.31. The molecule has 1 aromatic carbocycles. The van der Waals surface area contributed by atoms with Gasteiger partial charge in [0.15, 0.2) is 0 Å². The summed E-state index contributed by atoms with van der Waals surface area (Å²) in [7, 11) is 0. The van der Waals surface area contributed by atoms with E-state index >= 15 is 0 Å². The van der Waals surface area contributed by atoms with Crippen LogP contribution in [-0.4, -0.2) is 0 Å². The number of nitrogens with two attached hydrogens (primary N) is 1. The molecule has 0 saturated heterocycles. The van der Waals surface area contributed by atoms with Crippen molar-refractivity contribution in [1.29, 1.82) is 10.5 Å². The summed E-state index contributed by atoms with van der Waals surface area (Å²) in [4.78, 5) is 0. The minimum absolute atomic E-state index is 0.203. The zero-order chi connectivity index (χ0) is 14.9. The monoisotopic (exact) mass is 302 g/mol. The molecule has 100 valence electrons. The van der Waals surface area contributed by atoms with E-state index in [9.17, 15) is 10.5 Å². The van der Waals surface area contributed by atoms with Gasteiger partial charge in [-0.2, -0.15) is 10.5 Å². The van der Waals surface area contributed by atoms with Gasteiger partial charge in [0.2, 0.25) is 0 Å². The Balaban J connectivity index is 2.76. The van der Waals surface area contributed by atoms with Gasteiger partial charge in [-0.05, 0) is 24.6 Å². The zero-order valence-corrected chi connectivity index (χ0v) is 12.3. The second-order valence-electron chi connectivity index (χ2n) is 4.49. The Morgan fingerprint density at radius 2 is 1.75 bits per heavy atom. The van der Waals surface area contributed by atoms with E-state index in [1.165, 1.54) is 0 Å². The van der Waals surface area contributed by atoms with Crippen LogP contribution >= 0.6 is 24.2 Å². The molecule has 1 heterocycles. The van der Waals surface area contributed by atoms with Crippen LogP contribution in [0.25, 0.3) is 0 Å². The van der Waals surface area contributed by atoms with Crippen LogP contribution < -0.4 is 11.1 Å². The molecule has 4 nitrogen and oxygen atoms in total. The quantitative estimate of drug-likeness (QED) is 0.696. The Bertz CT molecular complexity index is 668. The molecule has 0 aromatic heterocycles. The molecule has 0 saturated carbocycles. The third-order valence-corrected chi connectivity index (χ3v) is 3.99. The average molecular weight is 303 g/mol. The maximum Gasteiger partial charge on any atom is 0.116 e. The van der Waals surface area contributed by atoms with Gasteiger partial charge < -0.3 is 11.1 Å². The number of hydrogen-bond donors (Lipinski definition) is 3. The first-order valence-electron chi connectivity index (χ1n) is 5.72. The van der Waals surface area contributed by atoms with Crippen molar-refractivity contribution in [3.8, 4) is 12.1 Å². The molecule has 0 amide bonds. The second kappa shape index (κ2) is 5.13. The van der Waals surface area contributed by atoms with Gasteiger partial charge in [0, 0.05) is 5.02 Å². The first-order valence-corrected chi connectivity index (χ1v) is 6.55. The standard InChI is InChI=1S/C14H11ClN4S/c1-14(8-2-4-9(15)5-3-8)10(6-16)12(18)19-13(20)11(14)7-17/h2-5,19-20H,18H2,1H3/t14-/m1/s1. The molecule has 0 spiro atoms. The summed E-state index contributed by atoms with van der Waals surface area (Å²) in [6.07, 6.45) is 0. The van der Waals surface area contributed by atoms with E-state index in [0.29, 0.717) is 15.6 Å². The fourth-order valence-corrected chi connectivity index (χ4v) is 2.81. The molecule has 0 radical (unpaired) electrons. The van der Waals surface area contributed by atoms with Gasteiger partial charge >= 0.3 is 0 Å². The molecule has 6 heteroatoms. The normalized spacial score (nSPS) is 22.1. The first kappa shape index (κ1) is 14.3. The van der Waals surface area contributed by atoms with E-state index in [4.69, 9.17) is 17.3 Å². The smallest absolute Gasteiger partial charge is 0.116 e. The van der Waals surface area contributed by atoms with Gasteiger partial charge in [0.05, 0.1) is 33.7 Å². The molecule has 0 fully saturated rings. The summed E-state index contributed by atoms with van der Waals surface area (Å²) in [6.45, 7) is 1.78. The van der Waals surface area contributed by atoms with Gasteiger partial charge in [-0.1, -0.05) is 23.7 Å². The minimum atomic E-state index is -0.944. The van der Waals surface area contributed by atoms with Crippen molar-refractivity contribution in [1.82, 2.24) is 5.32 Å².